The van der Waals surface area contributed by atoms with Gasteiger partial charge in [-0.25, -0.2) is 0 Å². The summed E-state index contributed by atoms with van der Waals surface area (Å²) in [5, 5.41) is 10.5. The van der Waals surface area contributed by atoms with E-state index in [9.17, 15) is 9.90 Å². The van der Waals surface area contributed by atoms with Crippen LogP contribution in [0, 0.1) is 0 Å². The van der Waals surface area contributed by atoms with Crippen LogP contribution in [0.1, 0.15) is 20.8 Å². The minimum Gasteiger partial charge on any atom is -0.391 e. The van der Waals surface area contributed by atoms with Crippen LogP contribution in [0.2, 0.25) is 0 Å². The maximum absolute atomic E-state index is 12.1. The van der Waals surface area contributed by atoms with Crippen LogP contribution in [0.5, 0.6) is 0 Å². The Hall–Kier alpha value is -1.13. The lowest BCUT2D eigenvalue weighted by Crippen LogP contribution is -2.41. The summed E-state index contributed by atoms with van der Waals surface area (Å²) in [5.74, 6) is 0. The Morgan fingerprint density at radius 2 is 2.00 bits per heavy atom. The van der Waals surface area contributed by atoms with Crippen molar-refractivity contribution in [1.29, 1.82) is 0 Å². The Bertz CT molecular complexity index is 566. The fourth-order valence-electron chi connectivity index (χ4n) is 1.52. The molecule has 86 valence electrons. The summed E-state index contributed by atoms with van der Waals surface area (Å²) in [6, 6.07) is 7.52. The highest BCUT2D eigenvalue weighted by Gasteiger charge is 2.29. The first-order valence-electron chi connectivity index (χ1n) is 5.24. The fourth-order valence-corrected chi connectivity index (χ4v) is 2.68. The smallest absolute Gasteiger partial charge is 0.269 e. The van der Waals surface area contributed by atoms with E-state index in [0.717, 1.165) is 10.1 Å². The summed E-state index contributed by atoms with van der Waals surface area (Å²) < 4.78 is 2.61. The van der Waals surface area contributed by atoms with Gasteiger partial charge in [0.25, 0.3) is 5.56 Å². The standard InChI is InChI=1S/C12H15NO2S/c1-8(14)12(2,3)13-11(15)9-6-4-5-7-10(9)16-13/h4-8,14H,1-3H3. The molecule has 4 heteroatoms. The lowest BCUT2D eigenvalue weighted by Gasteiger charge is -2.28. The molecule has 1 heterocycles. The van der Waals surface area contributed by atoms with E-state index in [1.54, 1.807) is 10.9 Å². The second-order valence-corrected chi connectivity index (χ2v) is 5.50. The maximum atomic E-state index is 12.1. The van der Waals surface area contributed by atoms with Crippen molar-refractivity contribution in [1.82, 2.24) is 3.96 Å². The van der Waals surface area contributed by atoms with E-state index in [4.69, 9.17) is 0 Å². The molecule has 1 aromatic carbocycles. The Labute approximate surface area is 98.1 Å². The van der Waals surface area contributed by atoms with E-state index in [1.807, 2.05) is 38.1 Å². The largest absolute Gasteiger partial charge is 0.391 e. The Balaban J connectivity index is 2.72. The molecule has 0 fully saturated rings. The van der Waals surface area contributed by atoms with Crippen LogP contribution < -0.4 is 5.56 Å². The fraction of sp³-hybridized carbons (Fsp3) is 0.417. The van der Waals surface area contributed by atoms with Crippen molar-refractivity contribution < 1.29 is 5.11 Å². The van der Waals surface area contributed by atoms with Gasteiger partial charge in [-0.2, -0.15) is 0 Å². The maximum Gasteiger partial charge on any atom is 0.269 e. The number of nitrogens with zero attached hydrogens (tertiary/aromatic N) is 1. The SMILES string of the molecule is CC(O)C(C)(C)n1sc2ccccc2c1=O. The van der Waals surface area contributed by atoms with Gasteiger partial charge in [-0.1, -0.05) is 23.7 Å². The lowest BCUT2D eigenvalue weighted by molar-refractivity contribution is 0.0788. The van der Waals surface area contributed by atoms with Gasteiger partial charge in [0.2, 0.25) is 0 Å². The number of aliphatic hydroxyl groups is 1. The van der Waals surface area contributed by atoms with E-state index in [-0.39, 0.29) is 5.56 Å². The van der Waals surface area contributed by atoms with E-state index in [1.165, 1.54) is 11.5 Å². The van der Waals surface area contributed by atoms with Crippen LogP contribution >= 0.6 is 11.5 Å². The molecule has 1 aromatic heterocycles. The number of hydrogen-bond donors (Lipinski definition) is 1. The third kappa shape index (κ3) is 1.58. The number of fused-ring (bicyclic) bond motifs is 1. The van der Waals surface area contributed by atoms with Gasteiger partial charge in [-0.15, -0.1) is 0 Å². The average Bonchev–Trinajstić information content (AvgIpc) is 2.57. The molecule has 0 aliphatic carbocycles. The lowest BCUT2D eigenvalue weighted by atomic mass is 10.00. The number of aliphatic hydroxyl groups excluding tert-OH is 1. The first-order valence-corrected chi connectivity index (χ1v) is 6.01. The van der Waals surface area contributed by atoms with Crippen LogP contribution in [-0.4, -0.2) is 15.2 Å². The first-order chi connectivity index (χ1) is 7.44. The number of rotatable bonds is 2. The van der Waals surface area contributed by atoms with Gasteiger partial charge in [0.15, 0.2) is 0 Å². The van der Waals surface area contributed by atoms with E-state index >= 15 is 0 Å². The van der Waals surface area contributed by atoms with Crippen molar-refractivity contribution in [2.24, 2.45) is 0 Å². The van der Waals surface area contributed by atoms with Crippen LogP contribution in [0.3, 0.4) is 0 Å². The van der Waals surface area contributed by atoms with Gasteiger partial charge >= 0.3 is 0 Å². The summed E-state index contributed by atoms with van der Waals surface area (Å²) in [6.07, 6.45) is -0.571. The number of benzene rings is 1. The summed E-state index contributed by atoms with van der Waals surface area (Å²) >= 11 is 1.40. The molecule has 0 amide bonds. The quantitative estimate of drug-likeness (QED) is 0.870. The highest BCUT2D eigenvalue weighted by molar-refractivity contribution is 7.13. The third-order valence-corrected chi connectivity index (χ3v) is 4.41. The zero-order chi connectivity index (χ0) is 11.9. The van der Waals surface area contributed by atoms with Crippen molar-refractivity contribution in [3.63, 3.8) is 0 Å². The molecule has 0 bridgehead atoms. The van der Waals surface area contributed by atoms with Crippen LogP contribution in [0.25, 0.3) is 10.1 Å². The average molecular weight is 237 g/mol. The topological polar surface area (TPSA) is 42.2 Å². The van der Waals surface area contributed by atoms with E-state index in [0.29, 0.717) is 0 Å². The van der Waals surface area contributed by atoms with Crippen LogP contribution in [0.4, 0.5) is 0 Å². The monoisotopic (exact) mass is 237 g/mol. The predicted molar refractivity (Wildman–Crippen MR) is 67.1 cm³/mol. The van der Waals surface area contributed by atoms with Crippen molar-refractivity contribution >= 4 is 21.6 Å². The minimum atomic E-state index is -0.571. The molecular weight excluding hydrogens is 222 g/mol. The molecule has 0 saturated carbocycles. The van der Waals surface area contributed by atoms with Crippen LogP contribution in [0.15, 0.2) is 29.1 Å². The summed E-state index contributed by atoms with van der Waals surface area (Å²) in [4.78, 5) is 12.1. The zero-order valence-corrected chi connectivity index (χ0v) is 10.4. The normalized spacial score (nSPS) is 14.2. The van der Waals surface area contributed by atoms with Crippen molar-refractivity contribution in [3.8, 4) is 0 Å². The van der Waals surface area contributed by atoms with Crippen molar-refractivity contribution in [3.05, 3.63) is 34.6 Å². The van der Waals surface area contributed by atoms with Gasteiger partial charge in [0.05, 0.1) is 21.7 Å². The Morgan fingerprint density at radius 1 is 1.38 bits per heavy atom. The van der Waals surface area contributed by atoms with Crippen molar-refractivity contribution in [2.45, 2.75) is 32.4 Å². The van der Waals surface area contributed by atoms with Gasteiger partial charge < -0.3 is 5.11 Å². The van der Waals surface area contributed by atoms with Gasteiger partial charge in [0, 0.05) is 0 Å². The molecule has 2 aromatic rings. The molecule has 1 unspecified atom stereocenters. The highest BCUT2D eigenvalue weighted by atomic mass is 32.1. The molecule has 0 aliphatic rings. The molecule has 0 spiro atoms. The van der Waals surface area contributed by atoms with Crippen LogP contribution in [-0.2, 0) is 5.54 Å². The van der Waals surface area contributed by atoms with Gasteiger partial charge in [-0.05, 0) is 32.9 Å². The van der Waals surface area contributed by atoms with Gasteiger partial charge in [-0.3, -0.25) is 8.75 Å². The molecule has 16 heavy (non-hydrogen) atoms. The zero-order valence-electron chi connectivity index (χ0n) is 9.60. The second-order valence-electron chi connectivity index (χ2n) is 4.52. The summed E-state index contributed by atoms with van der Waals surface area (Å²) in [7, 11) is 0. The number of hydrogen-bond acceptors (Lipinski definition) is 3. The third-order valence-electron chi connectivity index (χ3n) is 3.04. The first kappa shape index (κ1) is 11.4. The number of aromatic nitrogens is 1. The molecule has 2 rings (SSSR count). The van der Waals surface area contributed by atoms with E-state index in [2.05, 4.69) is 0 Å². The van der Waals surface area contributed by atoms with Crippen molar-refractivity contribution in [2.75, 3.05) is 0 Å². The molecule has 0 radical (unpaired) electrons. The van der Waals surface area contributed by atoms with Gasteiger partial charge in [0.1, 0.15) is 0 Å². The molecule has 0 saturated heterocycles. The molecular formula is C12H15NO2S. The predicted octanol–water partition coefficient (Wildman–Crippen LogP) is 2.18. The summed E-state index contributed by atoms with van der Waals surface area (Å²) in [5.41, 5.74) is -0.590. The minimum absolute atomic E-state index is 0.0218. The molecule has 0 aliphatic heterocycles. The second kappa shape index (κ2) is 3.71. The molecule has 1 atom stereocenters. The molecule has 3 nitrogen and oxygen atoms in total. The molecule has 1 N–H and O–H groups in total. The Kier molecular flexibility index (Phi) is 2.64. The van der Waals surface area contributed by atoms with E-state index < -0.39 is 11.6 Å². The Morgan fingerprint density at radius 3 is 2.56 bits per heavy atom. The highest BCUT2D eigenvalue weighted by Crippen LogP contribution is 2.25. The summed E-state index contributed by atoms with van der Waals surface area (Å²) in [6.45, 7) is 5.44.